The fraction of sp³-hybridized carbons (Fsp3) is 0.588. The second kappa shape index (κ2) is 8.14. The molecule has 1 N–H and O–H groups in total. The SMILES string of the molecule is CNC(C#N)(CCOCC1CCCCO1)c1ccccc1. The summed E-state index contributed by atoms with van der Waals surface area (Å²) < 4.78 is 11.4. The fourth-order valence-electron chi connectivity index (χ4n) is 2.69. The highest BCUT2D eigenvalue weighted by atomic mass is 16.5. The van der Waals surface area contributed by atoms with Crippen molar-refractivity contribution in [1.82, 2.24) is 5.32 Å². The summed E-state index contributed by atoms with van der Waals surface area (Å²) in [6.45, 7) is 2.01. The van der Waals surface area contributed by atoms with Crippen molar-refractivity contribution in [2.75, 3.05) is 26.9 Å². The van der Waals surface area contributed by atoms with Crippen molar-refractivity contribution in [2.24, 2.45) is 0 Å². The summed E-state index contributed by atoms with van der Waals surface area (Å²) in [5.74, 6) is 0. The minimum atomic E-state index is -0.686. The first-order chi connectivity index (χ1) is 10.3. The first kappa shape index (κ1) is 16.0. The molecule has 0 amide bonds. The first-order valence-corrected chi connectivity index (χ1v) is 7.66. The first-order valence-electron chi connectivity index (χ1n) is 7.66. The highest BCUT2D eigenvalue weighted by Gasteiger charge is 2.30. The number of benzene rings is 1. The summed E-state index contributed by atoms with van der Waals surface area (Å²) in [6.07, 6.45) is 4.30. The molecule has 1 aromatic rings. The van der Waals surface area contributed by atoms with E-state index in [1.165, 1.54) is 6.42 Å². The van der Waals surface area contributed by atoms with Crippen LogP contribution in [0.15, 0.2) is 30.3 Å². The summed E-state index contributed by atoms with van der Waals surface area (Å²) >= 11 is 0. The van der Waals surface area contributed by atoms with Crippen molar-refractivity contribution >= 4 is 0 Å². The van der Waals surface area contributed by atoms with Crippen LogP contribution in [-0.2, 0) is 15.0 Å². The van der Waals surface area contributed by atoms with Gasteiger partial charge in [-0.05, 0) is 31.9 Å². The molecule has 2 rings (SSSR count). The summed E-state index contributed by atoms with van der Waals surface area (Å²) in [6, 6.07) is 12.2. The van der Waals surface area contributed by atoms with Crippen molar-refractivity contribution in [3.8, 4) is 6.07 Å². The van der Waals surface area contributed by atoms with Gasteiger partial charge in [0, 0.05) is 19.6 Å². The van der Waals surface area contributed by atoms with Gasteiger partial charge in [-0.3, -0.25) is 5.32 Å². The Balaban J connectivity index is 1.84. The number of nitrogens with zero attached hydrogens (tertiary/aromatic N) is 1. The normalized spacial score (nSPS) is 21.4. The zero-order chi connectivity index (χ0) is 15.0. The smallest absolute Gasteiger partial charge is 0.134 e. The molecule has 4 nitrogen and oxygen atoms in total. The van der Waals surface area contributed by atoms with Crippen LogP contribution in [0, 0.1) is 11.3 Å². The average Bonchev–Trinajstić information content (AvgIpc) is 2.57. The van der Waals surface area contributed by atoms with E-state index in [-0.39, 0.29) is 6.10 Å². The van der Waals surface area contributed by atoms with Gasteiger partial charge in [0.05, 0.1) is 18.8 Å². The Morgan fingerprint density at radius 1 is 1.38 bits per heavy atom. The van der Waals surface area contributed by atoms with Gasteiger partial charge in [0.15, 0.2) is 0 Å². The molecule has 0 aromatic heterocycles. The summed E-state index contributed by atoms with van der Waals surface area (Å²) in [7, 11) is 1.82. The van der Waals surface area contributed by atoms with Gasteiger partial charge in [0.2, 0.25) is 0 Å². The lowest BCUT2D eigenvalue weighted by Crippen LogP contribution is -2.40. The fourth-order valence-corrected chi connectivity index (χ4v) is 2.69. The third-order valence-corrected chi connectivity index (χ3v) is 4.08. The Morgan fingerprint density at radius 3 is 2.81 bits per heavy atom. The van der Waals surface area contributed by atoms with Crippen molar-refractivity contribution in [3.05, 3.63) is 35.9 Å². The lowest BCUT2D eigenvalue weighted by Gasteiger charge is -2.27. The molecule has 2 unspecified atom stereocenters. The number of nitriles is 1. The van der Waals surface area contributed by atoms with E-state index in [4.69, 9.17) is 9.47 Å². The van der Waals surface area contributed by atoms with Crippen LogP contribution in [0.3, 0.4) is 0 Å². The zero-order valence-electron chi connectivity index (χ0n) is 12.7. The van der Waals surface area contributed by atoms with Crippen LogP contribution in [0.1, 0.15) is 31.2 Å². The second-order valence-corrected chi connectivity index (χ2v) is 5.45. The summed E-state index contributed by atoms with van der Waals surface area (Å²) in [5, 5.41) is 12.7. The molecule has 21 heavy (non-hydrogen) atoms. The molecule has 1 heterocycles. The minimum absolute atomic E-state index is 0.224. The van der Waals surface area contributed by atoms with Gasteiger partial charge in [-0.1, -0.05) is 30.3 Å². The molecular weight excluding hydrogens is 264 g/mol. The van der Waals surface area contributed by atoms with Gasteiger partial charge in [0.25, 0.3) is 0 Å². The van der Waals surface area contributed by atoms with Gasteiger partial charge >= 0.3 is 0 Å². The maximum absolute atomic E-state index is 9.59. The number of hydrogen-bond donors (Lipinski definition) is 1. The van der Waals surface area contributed by atoms with Crippen LogP contribution in [0.5, 0.6) is 0 Å². The Labute approximate surface area is 127 Å². The average molecular weight is 288 g/mol. The van der Waals surface area contributed by atoms with E-state index in [1.807, 2.05) is 37.4 Å². The molecule has 114 valence electrons. The van der Waals surface area contributed by atoms with Gasteiger partial charge in [-0.2, -0.15) is 5.26 Å². The van der Waals surface area contributed by atoms with E-state index in [1.54, 1.807) is 0 Å². The molecule has 1 aliphatic rings. The standard InChI is InChI=1S/C17H24N2O2/c1-19-17(14-18,15-7-3-2-4-8-15)10-12-20-13-16-9-5-6-11-21-16/h2-4,7-8,16,19H,5-6,9-13H2,1H3. The Hall–Kier alpha value is -1.41. The lowest BCUT2D eigenvalue weighted by molar-refractivity contribution is -0.0427. The monoisotopic (exact) mass is 288 g/mol. The van der Waals surface area contributed by atoms with Crippen LogP contribution in [0.2, 0.25) is 0 Å². The third-order valence-electron chi connectivity index (χ3n) is 4.08. The Kier molecular flexibility index (Phi) is 6.19. The molecule has 0 radical (unpaired) electrons. The van der Waals surface area contributed by atoms with Gasteiger partial charge < -0.3 is 9.47 Å². The second-order valence-electron chi connectivity index (χ2n) is 5.45. The van der Waals surface area contributed by atoms with E-state index in [9.17, 15) is 5.26 Å². The molecule has 2 atom stereocenters. The Morgan fingerprint density at radius 2 is 2.19 bits per heavy atom. The molecule has 0 aliphatic carbocycles. The maximum atomic E-state index is 9.59. The molecular formula is C17H24N2O2. The van der Waals surface area contributed by atoms with E-state index >= 15 is 0 Å². The van der Waals surface area contributed by atoms with Gasteiger partial charge in [0.1, 0.15) is 5.54 Å². The maximum Gasteiger partial charge on any atom is 0.134 e. The minimum Gasteiger partial charge on any atom is -0.379 e. The molecule has 1 aromatic carbocycles. The van der Waals surface area contributed by atoms with E-state index in [0.29, 0.717) is 19.6 Å². The van der Waals surface area contributed by atoms with Crippen molar-refractivity contribution in [1.29, 1.82) is 5.26 Å². The number of ether oxygens (including phenoxy) is 2. The molecule has 1 aliphatic heterocycles. The molecule has 0 spiro atoms. The largest absolute Gasteiger partial charge is 0.379 e. The van der Waals surface area contributed by atoms with Crippen LogP contribution in [-0.4, -0.2) is 33.0 Å². The zero-order valence-corrected chi connectivity index (χ0v) is 12.7. The molecule has 0 bridgehead atoms. The number of rotatable bonds is 7. The van der Waals surface area contributed by atoms with Crippen LogP contribution in [0.25, 0.3) is 0 Å². The topological polar surface area (TPSA) is 54.3 Å². The highest BCUT2D eigenvalue weighted by Crippen LogP contribution is 2.24. The van der Waals surface area contributed by atoms with Crippen molar-refractivity contribution in [2.45, 2.75) is 37.3 Å². The Bertz CT molecular complexity index is 452. The number of hydrogen-bond acceptors (Lipinski definition) is 4. The van der Waals surface area contributed by atoms with Crippen LogP contribution >= 0.6 is 0 Å². The van der Waals surface area contributed by atoms with Crippen molar-refractivity contribution < 1.29 is 9.47 Å². The number of nitrogens with one attached hydrogen (secondary N) is 1. The highest BCUT2D eigenvalue weighted by molar-refractivity contribution is 5.31. The predicted octanol–water partition coefficient (Wildman–Crippen LogP) is 2.60. The van der Waals surface area contributed by atoms with E-state index in [2.05, 4.69) is 11.4 Å². The molecule has 1 fully saturated rings. The summed E-state index contributed by atoms with van der Waals surface area (Å²) in [4.78, 5) is 0. The van der Waals surface area contributed by atoms with E-state index < -0.39 is 5.54 Å². The van der Waals surface area contributed by atoms with Gasteiger partial charge in [-0.25, -0.2) is 0 Å². The van der Waals surface area contributed by atoms with Crippen LogP contribution < -0.4 is 5.32 Å². The van der Waals surface area contributed by atoms with Crippen LogP contribution in [0.4, 0.5) is 0 Å². The van der Waals surface area contributed by atoms with E-state index in [0.717, 1.165) is 25.0 Å². The third kappa shape index (κ3) is 4.28. The molecule has 1 saturated heterocycles. The summed E-state index contributed by atoms with van der Waals surface area (Å²) in [5.41, 5.74) is 0.293. The molecule has 0 saturated carbocycles. The lowest BCUT2D eigenvalue weighted by atomic mass is 9.88. The van der Waals surface area contributed by atoms with Gasteiger partial charge in [-0.15, -0.1) is 0 Å². The quantitative estimate of drug-likeness (QED) is 0.784. The van der Waals surface area contributed by atoms with Crippen molar-refractivity contribution in [3.63, 3.8) is 0 Å². The predicted molar refractivity (Wildman–Crippen MR) is 81.8 cm³/mol. The molecule has 4 heteroatoms.